The summed E-state index contributed by atoms with van der Waals surface area (Å²) in [5.41, 5.74) is 6.69. The molecule has 0 amide bonds. The Kier molecular flexibility index (Phi) is 5.38. The zero-order valence-electron chi connectivity index (χ0n) is 12.4. The van der Waals surface area contributed by atoms with Crippen LogP contribution in [0.5, 0.6) is 5.75 Å². The Morgan fingerprint density at radius 3 is 2.71 bits per heavy atom. The number of nitrogens with zero attached hydrogens (tertiary/aromatic N) is 1. The fourth-order valence-electron chi connectivity index (χ4n) is 3.04. The third kappa shape index (κ3) is 3.85. The van der Waals surface area contributed by atoms with Crippen molar-refractivity contribution in [3.8, 4) is 5.75 Å². The summed E-state index contributed by atoms with van der Waals surface area (Å²) in [6.45, 7) is 0.559. The minimum atomic E-state index is -0.440. The Labute approximate surface area is 124 Å². The molecular weight excluding hydrogens is 270 g/mol. The Bertz CT molecular complexity index is 487. The maximum absolute atomic E-state index is 10.9. The van der Waals surface area contributed by atoms with Gasteiger partial charge in [0.05, 0.1) is 12.0 Å². The molecule has 6 heteroatoms. The number of hydrogen-bond donors (Lipinski definition) is 2. The van der Waals surface area contributed by atoms with Crippen LogP contribution in [0, 0.1) is 16.0 Å². The highest BCUT2D eigenvalue weighted by Gasteiger charge is 2.23. The molecule has 3 N–H and O–H groups in total. The van der Waals surface area contributed by atoms with E-state index in [1.54, 1.807) is 12.1 Å². The van der Waals surface area contributed by atoms with Crippen LogP contribution >= 0.6 is 0 Å². The fraction of sp³-hybridized carbons (Fsp3) is 0.600. The lowest BCUT2D eigenvalue weighted by Crippen LogP contribution is -2.37. The molecule has 2 rings (SSSR count). The maximum Gasteiger partial charge on any atom is 0.311 e. The van der Waals surface area contributed by atoms with E-state index >= 15 is 0 Å². The Morgan fingerprint density at radius 2 is 2.14 bits per heavy atom. The van der Waals surface area contributed by atoms with E-state index in [1.165, 1.54) is 45.3 Å². The topological polar surface area (TPSA) is 90.4 Å². The molecule has 1 aliphatic rings. The first-order valence-corrected chi connectivity index (χ1v) is 7.44. The molecule has 0 bridgehead atoms. The lowest BCUT2D eigenvalue weighted by Gasteiger charge is -2.30. The zero-order chi connectivity index (χ0) is 15.2. The largest absolute Gasteiger partial charge is 0.490 e. The minimum absolute atomic E-state index is 0.0231. The molecular formula is C15H23N3O3. The summed E-state index contributed by atoms with van der Waals surface area (Å²) >= 11 is 0. The van der Waals surface area contributed by atoms with Crippen molar-refractivity contribution in [2.45, 2.75) is 38.1 Å². The predicted molar refractivity (Wildman–Crippen MR) is 82.7 cm³/mol. The van der Waals surface area contributed by atoms with Crippen molar-refractivity contribution in [1.29, 1.82) is 0 Å². The second-order valence-corrected chi connectivity index (χ2v) is 5.53. The van der Waals surface area contributed by atoms with E-state index in [4.69, 9.17) is 10.5 Å². The number of benzene rings is 1. The van der Waals surface area contributed by atoms with E-state index in [1.807, 2.05) is 0 Å². The molecule has 0 saturated heterocycles. The van der Waals surface area contributed by atoms with Gasteiger partial charge in [-0.05, 0) is 24.8 Å². The number of methoxy groups -OCH3 is 1. The van der Waals surface area contributed by atoms with Crippen LogP contribution in [0.2, 0.25) is 0 Å². The first kappa shape index (κ1) is 15.6. The van der Waals surface area contributed by atoms with Gasteiger partial charge in [0.15, 0.2) is 5.75 Å². The summed E-state index contributed by atoms with van der Waals surface area (Å²) in [6.07, 6.45) is 6.20. The molecule has 21 heavy (non-hydrogen) atoms. The van der Waals surface area contributed by atoms with E-state index in [0.29, 0.717) is 12.5 Å². The van der Waals surface area contributed by atoms with Gasteiger partial charge in [-0.25, -0.2) is 0 Å². The van der Waals surface area contributed by atoms with Crippen LogP contribution in [0.4, 0.5) is 11.4 Å². The van der Waals surface area contributed by atoms with Crippen LogP contribution in [0.3, 0.4) is 0 Å². The van der Waals surface area contributed by atoms with E-state index in [9.17, 15) is 10.1 Å². The summed E-state index contributed by atoms with van der Waals surface area (Å²) in [6, 6.07) is 5.06. The Hall–Kier alpha value is -1.82. The molecule has 0 aromatic heterocycles. The molecule has 0 aliphatic heterocycles. The number of hydrogen-bond acceptors (Lipinski definition) is 5. The van der Waals surface area contributed by atoms with Crippen molar-refractivity contribution in [2.24, 2.45) is 11.7 Å². The zero-order valence-corrected chi connectivity index (χ0v) is 12.4. The molecule has 1 unspecified atom stereocenters. The Morgan fingerprint density at radius 1 is 1.43 bits per heavy atom. The lowest BCUT2D eigenvalue weighted by molar-refractivity contribution is -0.385. The summed E-state index contributed by atoms with van der Waals surface area (Å²) in [5.74, 6) is 0.842. The molecule has 1 aromatic rings. The molecule has 0 spiro atoms. The van der Waals surface area contributed by atoms with E-state index < -0.39 is 4.92 Å². The van der Waals surface area contributed by atoms with Crippen molar-refractivity contribution in [3.05, 3.63) is 28.3 Å². The van der Waals surface area contributed by atoms with Gasteiger partial charge >= 0.3 is 5.69 Å². The molecule has 1 aromatic carbocycles. The highest BCUT2D eigenvalue weighted by Crippen LogP contribution is 2.32. The van der Waals surface area contributed by atoms with Crippen molar-refractivity contribution in [3.63, 3.8) is 0 Å². The van der Waals surface area contributed by atoms with Crippen molar-refractivity contribution in [2.75, 3.05) is 19.0 Å². The van der Waals surface area contributed by atoms with Crippen LogP contribution in [-0.4, -0.2) is 24.6 Å². The van der Waals surface area contributed by atoms with Gasteiger partial charge < -0.3 is 15.8 Å². The summed E-state index contributed by atoms with van der Waals surface area (Å²) in [7, 11) is 1.44. The van der Waals surface area contributed by atoms with E-state index in [2.05, 4.69) is 5.32 Å². The van der Waals surface area contributed by atoms with Gasteiger partial charge in [0, 0.05) is 30.4 Å². The van der Waals surface area contributed by atoms with Crippen LogP contribution in [0.15, 0.2) is 18.2 Å². The second-order valence-electron chi connectivity index (χ2n) is 5.53. The van der Waals surface area contributed by atoms with Gasteiger partial charge in [-0.1, -0.05) is 19.3 Å². The fourth-order valence-corrected chi connectivity index (χ4v) is 3.04. The van der Waals surface area contributed by atoms with E-state index in [0.717, 1.165) is 5.69 Å². The van der Waals surface area contributed by atoms with Crippen molar-refractivity contribution >= 4 is 11.4 Å². The van der Waals surface area contributed by atoms with Gasteiger partial charge in [0.2, 0.25) is 0 Å². The lowest BCUT2D eigenvalue weighted by atomic mass is 9.84. The average Bonchev–Trinajstić information content (AvgIpc) is 2.53. The number of rotatable bonds is 6. The van der Waals surface area contributed by atoms with Crippen LogP contribution in [0.1, 0.15) is 32.1 Å². The highest BCUT2D eigenvalue weighted by atomic mass is 16.6. The first-order chi connectivity index (χ1) is 10.2. The smallest absolute Gasteiger partial charge is 0.311 e. The number of ether oxygens (including phenoxy) is 1. The minimum Gasteiger partial charge on any atom is -0.490 e. The summed E-state index contributed by atoms with van der Waals surface area (Å²) < 4.78 is 5.10. The van der Waals surface area contributed by atoms with Gasteiger partial charge in [-0.15, -0.1) is 0 Å². The van der Waals surface area contributed by atoms with Crippen LogP contribution < -0.4 is 15.8 Å². The number of nitrogens with two attached hydrogens (primary N) is 1. The molecule has 6 nitrogen and oxygen atoms in total. The standard InChI is InChI=1S/C15H23N3O3/c1-21-15-9-12(7-8-14(15)18(19)20)17-13(10-16)11-5-3-2-4-6-11/h7-9,11,13,17H,2-6,10,16H2,1H3. The molecule has 1 fully saturated rings. The molecule has 1 atom stereocenters. The molecule has 0 heterocycles. The first-order valence-electron chi connectivity index (χ1n) is 7.44. The number of nitro groups is 1. The van der Waals surface area contributed by atoms with Crippen molar-refractivity contribution in [1.82, 2.24) is 0 Å². The van der Waals surface area contributed by atoms with Crippen LogP contribution in [0.25, 0.3) is 0 Å². The molecule has 1 saturated carbocycles. The van der Waals surface area contributed by atoms with Gasteiger partial charge in [0.1, 0.15) is 0 Å². The maximum atomic E-state index is 10.9. The predicted octanol–water partition coefficient (Wildman–Crippen LogP) is 2.92. The highest BCUT2D eigenvalue weighted by molar-refractivity contribution is 5.58. The number of nitrogens with one attached hydrogen (secondary N) is 1. The van der Waals surface area contributed by atoms with Gasteiger partial charge in [0.25, 0.3) is 0 Å². The van der Waals surface area contributed by atoms with Crippen molar-refractivity contribution < 1.29 is 9.66 Å². The molecule has 116 valence electrons. The van der Waals surface area contributed by atoms with E-state index in [-0.39, 0.29) is 17.5 Å². The summed E-state index contributed by atoms with van der Waals surface area (Å²) in [4.78, 5) is 10.5. The third-order valence-electron chi connectivity index (χ3n) is 4.20. The Balaban J connectivity index is 2.11. The van der Waals surface area contributed by atoms with Gasteiger partial charge in [-0.3, -0.25) is 10.1 Å². The van der Waals surface area contributed by atoms with Gasteiger partial charge in [-0.2, -0.15) is 0 Å². The number of nitro benzene ring substituents is 1. The third-order valence-corrected chi connectivity index (χ3v) is 4.20. The SMILES string of the molecule is COc1cc(NC(CN)C2CCCCC2)ccc1[N+](=O)[O-]. The molecule has 1 aliphatic carbocycles. The summed E-state index contributed by atoms with van der Waals surface area (Å²) in [5, 5.41) is 14.3. The number of anilines is 1. The monoisotopic (exact) mass is 293 g/mol. The van der Waals surface area contributed by atoms with Crippen LogP contribution in [-0.2, 0) is 0 Å². The average molecular weight is 293 g/mol. The normalized spacial score (nSPS) is 17.2. The second kappa shape index (κ2) is 7.26. The quantitative estimate of drug-likeness (QED) is 0.621. The molecule has 0 radical (unpaired) electrons.